The number of carbonyl (C=O) groups is 1. The van der Waals surface area contributed by atoms with Crippen LogP contribution in [-0.4, -0.2) is 74.3 Å². The van der Waals surface area contributed by atoms with Crippen LogP contribution in [0.25, 0.3) is 0 Å². The minimum absolute atomic E-state index is 0.0430. The third-order valence-corrected chi connectivity index (χ3v) is 8.15. The van der Waals surface area contributed by atoms with Crippen LogP contribution in [0.4, 0.5) is 11.4 Å². The highest BCUT2D eigenvalue weighted by molar-refractivity contribution is 7.89. The van der Waals surface area contributed by atoms with E-state index in [1.54, 1.807) is 0 Å². The number of benzene rings is 2. The molecule has 2 aliphatic rings. The molecule has 0 spiro atoms. The van der Waals surface area contributed by atoms with Crippen molar-refractivity contribution < 1.29 is 18.1 Å². The topological polar surface area (TPSA) is 116 Å². The second kappa shape index (κ2) is 10.5. The van der Waals surface area contributed by atoms with Crippen LogP contribution < -0.4 is 10.2 Å². The third kappa shape index (κ3) is 5.54. The summed E-state index contributed by atoms with van der Waals surface area (Å²) >= 11 is 0. The van der Waals surface area contributed by atoms with Crippen LogP contribution in [0.15, 0.2) is 53.4 Å². The third-order valence-electron chi connectivity index (χ3n) is 6.26. The predicted octanol–water partition coefficient (Wildman–Crippen LogP) is 1.82. The Morgan fingerprint density at radius 2 is 1.65 bits per heavy atom. The van der Waals surface area contributed by atoms with Crippen molar-refractivity contribution in [1.82, 2.24) is 14.5 Å². The second-order valence-corrected chi connectivity index (χ2v) is 10.5. The maximum atomic E-state index is 12.8. The summed E-state index contributed by atoms with van der Waals surface area (Å²) in [6.45, 7) is 3.77. The van der Waals surface area contributed by atoms with Gasteiger partial charge < -0.3 is 10.2 Å². The highest BCUT2D eigenvalue weighted by Crippen LogP contribution is 2.33. The first-order valence-electron chi connectivity index (χ1n) is 11.4. The molecule has 2 aliphatic heterocycles. The fraction of sp³-hybridized carbons (Fsp3) is 0.435. The Morgan fingerprint density at radius 1 is 0.971 bits per heavy atom. The molecule has 0 radical (unpaired) electrons. The van der Waals surface area contributed by atoms with E-state index >= 15 is 0 Å². The summed E-state index contributed by atoms with van der Waals surface area (Å²) in [7, 11) is -3.73. The standard InChI is InChI=1S/C23H29N5O5S/c29-23(24-17-19-6-2-1-3-7-19)18-25-12-14-26(15-13-25)21-9-8-20(16-22(21)28(30)31)34(32,33)27-10-4-5-11-27/h1-3,6-9,16H,4-5,10-15,17-18H2,(H,24,29). The van der Waals surface area contributed by atoms with E-state index in [2.05, 4.69) is 5.32 Å². The molecule has 0 aromatic heterocycles. The van der Waals surface area contributed by atoms with Crippen molar-refractivity contribution in [2.75, 3.05) is 50.7 Å². The number of nitro benzene ring substituents is 1. The van der Waals surface area contributed by atoms with Crippen molar-refractivity contribution in [3.63, 3.8) is 0 Å². The van der Waals surface area contributed by atoms with Gasteiger partial charge in [-0.25, -0.2) is 8.42 Å². The monoisotopic (exact) mass is 487 g/mol. The van der Waals surface area contributed by atoms with Gasteiger partial charge in [0.1, 0.15) is 5.69 Å². The highest BCUT2D eigenvalue weighted by atomic mass is 32.2. The lowest BCUT2D eigenvalue weighted by atomic mass is 10.2. The number of nitrogens with zero attached hydrogens (tertiary/aromatic N) is 4. The SMILES string of the molecule is O=C(CN1CCN(c2ccc(S(=O)(=O)N3CCCC3)cc2[N+](=O)[O-])CC1)NCc1ccccc1. The predicted molar refractivity (Wildman–Crippen MR) is 128 cm³/mol. The average Bonchev–Trinajstić information content (AvgIpc) is 3.40. The molecule has 34 heavy (non-hydrogen) atoms. The van der Waals surface area contributed by atoms with Crippen LogP contribution in [0.1, 0.15) is 18.4 Å². The number of rotatable bonds is 8. The van der Waals surface area contributed by atoms with E-state index in [0.717, 1.165) is 18.4 Å². The first-order chi connectivity index (χ1) is 16.3. The van der Waals surface area contributed by atoms with Gasteiger partial charge in [0.15, 0.2) is 0 Å². The lowest BCUT2D eigenvalue weighted by Crippen LogP contribution is -2.49. The van der Waals surface area contributed by atoms with E-state index in [1.165, 1.54) is 22.5 Å². The van der Waals surface area contributed by atoms with Gasteiger partial charge in [0.05, 0.1) is 16.4 Å². The number of hydrogen-bond donors (Lipinski definition) is 1. The van der Waals surface area contributed by atoms with E-state index in [4.69, 9.17) is 0 Å². The fourth-order valence-electron chi connectivity index (χ4n) is 4.36. The minimum atomic E-state index is -3.73. The van der Waals surface area contributed by atoms with Gasteiger partial charge in [-0.2, -0.15) is 4.31 Å². The van der Waals surface area contributed by atoms with Crippen molar-refractivity contribution in [2.45, 2.75) is 24.3 Å². The van der Waals surface area contributed by atoms with Gasteiger partial charge in [-0.3, -0.25) is 19.8 Å². The number of hydrogen-bond acceptors (Lipinski definition) is 7. The highest BCUT2D eigenvalue weighted by Gasteiger charge is 2.31. The summed E-state index contributed by atoms with van der Waals surface area (Å²) in [6.07, 6.45) is 1.60. The molecule has 1 N–H and O–H groups in total. The summed E-state index contributed by atoms with van der Waals surface area (Å²) in [4.78, 5) is 27.4. The second-order valence-electron chi connectivity index (χ2n) is 8.54. The number of anilines is 1. The van der Waals surface area contributed by atoms with E-state index in [1.807, 2.05) is 40.1 Å². The molecule has 0 atom stereocenters. The van der Waals surface area contributed by atoms with Crippen LogP contribution in [0, 0.1) is 10.1 Å². The van der Waals surface area contributed by atoms with Crippen LogP contribution >= 0.6 is 0 Å². The number of nitro groups is 1. The average molecular weight is 488 g/mol. The number of nitrogens with one attached hydrogen (secondary N) is 1. The van der Waals surface area contributed by atoms with Crippen LogP contribution in [0.5, 0.6) is 0 Å². The molecule has 2 aromatic carbocycles. The molecule has 0 saturated carbocycles. The Bertz CT molecular complexity index is 1130. The molecule has 182 valence electrons. The smallest absolute Gasteiger partial charge is 0.293 e. The quantitative estimate of drug-likeness (QED) is 0.446. The Balaban J connectivity index is 1.37. The molecular formula is C23H29N5O5S. The molecule has 4 rings (SSSR count). The van der Waals surface area contributed by atoms with Crippen LogP contribution in [0.3, 0.4) is 0 Å². The van der Waals surface area contributed by atoms with Crippen molar-refractivity contribution in [1.29, 1.82) is 0 Å². The van der Waals surface area contributed by atoms with Crippen LogP contribution in [0.2, 0.25) is 0 Å². The van der Waals surface area contributed by atoms with Gasteiger partial charge in [-0.15, -0.1) is 0 Å². The van der Waals surface area contributed by atoms with Gasteiger partial charge in [0.2, 0.25) is 15.9 Å². The van der Waals surface area contributed by atoms with Crippen molar-refractivity contribution in [2.24, 2.45) is 0 Å². The zero-order valence-corrected chi connectivity index (χ0v) is 19.7. The van der Waals surface area contributed by atoms with E-state index < -0.39 is 14.9 Å². The largest absolute Gasteiger partial charge is 0.363 e. The summed E-state index contributed by atoms with van der Waals surface area (Å²) < 4.78 is 27.0. The molecule has 0 aliphatic carbocycles. The molecule has 2 fully saturated rings. The molecule has 2 heterocycles. The summed E-state index contributed by atoms with van der Waals surface area (Å²) in [5.41, 5.74) is 1.22. The molecular weight excluding hydrogens is 458 g/mol. The maximum Gasteiger partial charge on any atom is 0.293 e. The van der Waals surface area contributed by atoms with Crippen molar-refractivity contribution >= 4 is 27.3 Å². The summed E-state index contributed by atoms with van der Waals surface area (Å²) in [5, 5.41) is 14.7. The minimum Gasteiger partial charge on any atom is -0.363 e. The van der Waals surface area contributed by atoms with Gasteiger partial charge in [-0.05, 0) is 30.5 Å². The van der Waals surface area contributed by atoms with Crippen LogP contribution in [-0.2, 0) is 21.4 Å². The van der Waals surface area contributed by atoms with E-state index in [-0.39, 0.29) is 23.0 Å². The van der Waals surface area contributed by atoms with Crippen molar-refractivity contribution in [3.8, 4) is 0 Å². The zero-order valence-electron chi connectivity index (χ0n) is 18.9. The fourth-order valence-corrected chi connectivity index (χ4v) is 5.89. The Morgan fingerprint density at radius 3 is 2.29 bits per heavy atom. The number of carbonyl (C=O) groups excluding carboxylic acids is 1. The summed E-state index contributed by atoms with van der Waals surface area (Å²) in [5.74, 6) is -0.0697. The normalized spacial score (nSPS) is 17.6. The molecule has 0 bridgehead atoms. The molecule has 11 heteroatoms. The van der Waals surface area contributed by atoms with Gasteiger partial charge in [0, 0.05) is 51.9 Å². The molecule has 1 amide bonds. The lowest BCUT2D eigenvalue weighted by molar-refractivity contribution is -0.384. The first kappa shape index (κ1) is 24.1. The molecule has 0 unspecified atom stereocenters. The maximum absolute atomic E-state index is 12.8. The summed E-state index contributed by atoms with van der Waals surface area (Å²) in [6, 6.07) is 13.8. The zero-order chi connectivity index (χ0) is 24.1. The Hall–Kier alpha value is -3.02. The Labute approximate surface area is 199 Å². The van der Waals surface area contributed by atoms with Gasteiger partial charge in [0.25, 0.3) is 5.69 Å². The van der Waals surface area contributed by atoms with Gasteiger partial charge in [-0.1, -0.05) is 30.3 Å². The van der Waals surface area contributed by atoms with E-state index in [9.17, 15) is 23.3 Å². The molecule has 10 nitrogen and oxygen atoms in total. The number of sulfonamides is 1. The van der Waals surface area contributed by atoms with Crippen molar-refractivity contribution in [3.05, 3.63) is 64.2 Å². The number of amides is 1. The lowest BCUT2D eigenvalue weighted by Gasteiger charge is -2.35. The van der Waals surface area contributed by atoms with Gasteiger partial charge >= 0.3 is 0 Å². The molecule has 2 saturated heterocycles. The first-order valence-corrected chi connectivity index (χ1v) is 12.8. The van der Waals surface area contributed by atoms with E-state index in [0.29, 0.717) is 51.5 Å². The number of piperazine rings is 1. The Kier molecular flexibility index (Phi) is 7.44. The molecule has 2 aromatic rings.